The minimum atomic E-state index is -0.890. The Balaban J connectivity index is 1.96. The average Bonchev–Trinajstić information content (AvgIpc) is 3.17. The Labute approximate surface area is 169 Å². The normalized spacial score (nSPS) is 18.1. The highest BCUT2D eigenvalue weighted by atomic mass is 16.6. The number of hydrogen-bond donors (Lipinski definition) is 1. The van der Waals surface area contributed by atoms with E-state index in [1.807, 2.05) is 18.2 Å². The van der Waals surface area contributed by atoms with Gasteiger partial charge in [0.25, 0.3) is 0 Å². The molecule has 0 saturated carbocycles. The van der Waals surface area contributed by atoms with Crippen molar-refractivity contribution in [2.45, 2.75) is 45.4 Å². The molecule has 0 bridgehead atoms. The summed E-state index contributed by atoms with van der Waals surface area (Å²) in [7, 11) is 0. The number of amides is 2. The Hall–Kier alpha value is -3.10. The van der Waals surface area contributed by atoms with Gasteiger partial charge in [-0.05, 0) is 32.3 Å². The zero-order valence-corrected chi connectivity index (χ0v) is 16.6. The summed E-state index contributed by atoms with van der Waals surface area (Å²) in [5, 5.41) is 2.36. The van der Waals surface area contributed by atoms with Gasteiger partial charge < -0.3 is 24.4 Å². The van der Waals surface area contributed by atoms with Crippen LogP contribution in [0.3, 0.4) is 0 Å². The summed E-state index contributed by atoms with van der Waals surface area (Å²) in [5.74, 6) is -1.76. The topological polar surface area (TPSA) is 111 Å². The first kappa shape index (κ1) is 22.2. The number of rotatable bonds is 8. The molecule has 2 amide bonds. The quantitative estimate of drug-likeness (QED) is 0.513. The molecule has 1 aromatic carbocycles. The van der Waals surface area contributed by atoms with Crippen molar-refractivity contribution in [3.8, 4) is 0 Å². The Morgan fingerprint density at radius 2 is 1.48 bits per heavy atom. The van der Waals surface area contributed by atoms with Crippen LogP contribution in [0, 0.1) is 0 Å². The maximum absolute atomic E-state index is 12.7. The first-order valence-electron chi connectivity index (χ1n) is 9.56. The molecule has 1 saturated heterocycles. The van der Waals surface area contributed by atoms with Crippen LogP contribution in [0.25, 0.3) is 0 Å². The van der Waals surface area contributed by atoms with Gasteiger partial charge in [0.05, 0.1) is 13.2 Å². The Morgan fingerprint density at radius 1 is 0.931 bits per heavy atom. The van der Waals surface area contributed by atoms with E-state index in [9.17, 15) is 19.2 Å². The van der Waals surface area contributed by atoms with Crippen molar-refractivity contribution in [1.29, 1.82) is 0 Å². The molecule has 9 heteroatoms. The molecule has 2 unspecified atom stereocenters. The van der Waals surface area contributed by atoms with E-state index in [2.05, 4.69) is 5.32 Å². The number of alkyl carbamates (subject to hydrolysis) is 1. The summed E-state index contributed by atoms with van der Waals surface area (Å²) in [5.41, 5.74) is 0.804. The molecule has 0 aliphatic carbocycles. The lowest BCUT2D eigenvalue weighted by molar-refractivity contribution is -0.159. The number of benzene rings is 1. The van der Waals surface area contributed by atoms with Gasteiger partial charge in [-0.3, -0.25) is 4.79 Å². The molecule has 1 aliphatic rings. The van der Waals surface area contributed by atoms with E-state index >= 15 is 0 Å². The summed E-state index contributed by atoms with van der Waals surface area (Å²) in [6.07, 6.45) is -0.208. The van der Waals surface area contributed by atoms with Gasteiger partial charge in [0.15, 0.2) is 0 Å². The van der Waals surface area contributed by atoms with E-state index in [0.717, 1.165) is 10.5 Å². The van der Waals surface area contributed by atoms with Crippen molar-refractivity contribution in [2.75, 3.05) is 19.8 Å². The van der Waals surface area contributed by atoms with Gasteiger partial charge in [0.1, 0.15) is 25.2 Å². The third kappa shape index (κ3) is 6.20. The lowest BCUT2D eigenvalue weighted by Gasteiger charge is -2.28. The second-order valence-corrected chi connectivity index (χ2v) is 6.33. The predicted molar refractivity (Wildman–Crippen MR) is 102 cm³/mol. The number of hydrogen-bond acceptors (Lipinski definition) is 7. The van der Waals surface area contributed by atoms with Gasteiger partial charge in [0, 0.05) is 0 Å². The molecule has 0 radical (unpaired) electrons. The van der Waals surface area contributed by atoms with Crippen molar-refractivity contribution < 1.29 is 33.4 Å². The second kappa shape index (κ2) is 11.0. The van der Waals surface area contributed by atoms with E-state index < -0.39 is 42.6 Å². The lowest BCUT2D eigenvalue weighted by atomic mass is 10.2. The molecule has 1 fully saturated rings. The number of ether oxygens (including phenoxy) is 3. The van der Waals surface area contributed by atoms with E-state index in [4.69, 9.17) is 14.2 Å². The summed E-state index contributed by atoms with van der Waals surface area (Å²) < 4.78 is 15.1. The van der Waals surface area contributed by atoms with Crippen LogP contribution < -0.4 is 5.32 Å². The van der Waals surface area contributed by atoms with Crippen LogP contribution in [-0.2, 0) is 35.2 Å². The van der Waals surface area contributed by atoms with Gasteiger partial charge in [-0.1, -0.05) is 30.3 Å². The van der Waals surface area contributed by atoms with E-state index in [-0.39, 0.29) is 32.7 Å². The summed E-state index contributed by atoms with van der Waals surface area (Å²) in [4.78, 5) is 50.1. The van der Waals surface area contributed by atoms with Crippen LogP contribution in [-0.4, -0.2) is 60.7 Å². The van der Waals surface area contributed by atoms with Crippen molar-refractivity contribution in [3.63, 3.8) is 0 Å². The summed E-state index contributed by atoms with van der Waals surface area (Å²) in [6, 6.07) is 7.31. The molecule has 158 valence electrons. The largest absolute Gasteiger partial charge is 0.464 e. The fourth-order valence-corrected chi connectivity index (χ4v) is 3.11. The molecule has 1 aromatic rings. The maximum Gasteiger partial charge on any atom is 0.407 e. The van der Waals surface area contributed by atoms with Crippen LogP contribution in [0.2, 0.25) is 0 Å². The number of nitrogens with zero attached hydrogens (tertiary/aromatic N) is 1. The smallest absolute Gasteiger partial charge is 0.407 e. The van der Waals surface area contributed by atoms with E-state index in [1.54, 1.807) is 26.0 Å². The van der Waals surface area contributed by atoms with Crippen LogP contribution >= 0.6 is 0 Å². The predicted octanol–water partition coefficient (Wildman–Crippen LogP) is 1.40. The summed E-state index contributed by atoms with van der Waals surface area (Å²) in [6.45, 7) is 3.27. The molecule has 2 atom stereocenters. The Morgan fingerprint density at radius 3 is 2.00 bits per heavy atom. The summed E-state index contributed by atoms with van der Waals surface area (Å²) >= 11 is 0. The van der Waals surface area contributed by atoms with Crippen LogP contribution in [0.1, 0.15) is 32.3 Å². The zero-order chi connectivity index (χ0) is 21.2. The van der Waals surface area contributed by atoms with Crippen LogP contribution in [0.15, 0.2) is 30.3 Å². The third-order valence-corrected chi connectivity index (χ3v) is 4.39. The SMILES string of the molecule is CCOC(=O)C1CCC(C(=O)OCC)N1C(=O)CNC(=O)OCc1ccccc1. The fraction of sp³-hybridized carbons (Fsp3) is 0.500. The maximum atomic E-state index is 12.7. The number of carbonyl (C=O) groups is 4. The molecule has 1 N–H and O–H groups in total. The van der Waals surface area contributed by atoms with E-state index in [1.165, 1.54) is 0 Å². The molecular weight excluding hydrogens is 380 g/mol. The second-order valence-electron chi connectivity index (χ2n) is 6.33. The number of carbonyl (C=O) groups excluding carboxylic acids is 4. The fourth-order valence-electron chi connectivity index (χ4n) is 3.11. The third-order valence-electron chi connectivity index (χ3n) is 4.39. The molecule has 1 aliphatic heterocycles. The monoisotopic (exact) mass is 406 g/mol. The van der Waals surface area contributed by atoms with Gasteiger partial charge in [0.2, 0.25) is 5.91 Å². The molecule has 29 heavy (non-hydrogen) atoms. The Bertz CT molecular complexity index is 697. The van der Waals surface area contributed by atoms with Gasteiger partial charge in [-0.25, -0.2) is 14.4 Å². The lowest BCUT2D eigenvalue weighted by Crippen LogP contribution is -2.52. The molecule has 1 heterocycles. The van der Waals surface area contributed by atoms with Gasteiger partial charge in [-0.15, -0.1) is 0 Å². The molecule has 0 spiro atoms. The molecule has 0 aromatic heterocycles. The number of nitrogens with one attached hydrogen (secondary N) is 1. The molecule has 2 rings (SSSR count). The number of likely N-dealkylation sites (tertiary alicyclic amines) is 1. The first-order chi connectivity index (χ1) is 14.0. The minimum Gasteiger partial charge on any atom is -0.464 e. The van der Waals surface area contributed by atoms with Crippen LogP contribution in [0.4, 0.5) is 4.79 Å². The standard InChI is InChI=1S/C20H26N2O7/c1-3-27-18(24)15-10-11-16(19(25)28-4-2)22(15)17(23)12-21-20(26)29-13-14-8-6-5-7-9-14/h5-9,15-16H,3-4,10-13H2,1-2H3,(H,21,26). The van der Waals surface area contributed by atoms with Crippen LogP contribution in [0.5, 0.6) is 0 Å². The van der Waals surface area contributed by atoms with Crippen molar-refractivity contribution in [1.82, 2.24) is 10.2 Å². The molecule has 9 nitrogen and oxygen atoms in total. The highest BCUT2D eigenvalue weighted by Gasteiger charge is 2.45. The first-order valence-corrected chi connectivity index (χ1v) is 9.56. The minimum absolute atomic E-state index is 0.0570. The van der Waals surface area contributed by atoms with Crippen molar-refractivity contribution in [2.24, 2.45) is 0 Å². The molecular formula is C20H26N2O7. The van der Waals surface area contributed by atoms with Crippen molar-refractivity contribution >= 4 is 23.9 Å². The van der Waals surface area contributed by atoms with Crippen molar-refractivity contribution in [3.05, 3.63) is 35.9 Å². The highest BCUT2D eigenvalue weighted by molar-refractivity contribution is 5.92. The number of esters is 2. The van der Waals surface area contributed by atoms with E-state index in [0.29, 0.717) is 0 Å². The Kier molecular flexibility index (Phi) is 8.45. The van der Waals surface area contributed by atoms with Gasteiger partial charge in [-0.2, -0.15) is 0 Å². The highest BCUT2D eigenvalue weighted by Crippen LogP contribution is 2.26. The zero-order valence-electron chi connectivity index (χ0n) is 16.6. The van der Waals surface area contributed by atoms with Gasteiger partial charge >= 0.3 is 18.0 Å². The average molecular weight is 406 g/mol.